The van der Waals surface area contributed by atoms with Crippen molar-refractivity contribution in [2.45, 2.75) is 51.9 Å². The largest absolute Gasteiger partial charge is 0.390 e. The van der Waals surface area contributed by atoms with Crippen molar-refractivity contribution in [2.24, 2.45) is 16.9 Å². The highest BCUT2D eigenvalue weighted by Gasteiger charge is 2.29. The molecule has 0 saturated carbocycles. The van der Waals surface area contributed by atoms with E-state index in [9.17, 15) is 9.90 Å². The van der Waals surface area contributed by atoms with Crippen LogP contribution in [-0.2, 0) is 17.8 Å². The highest BCUT2D eigenvalue weighted by atomic mass is 16.3. The number of rotatable bonds is 10. The molecule has 2 aromatic carbocycles. The number of aliphatic hydroxyl groups is 1. The van der Waals surface area contributed by atoms with E-state index in [0.29, 0.717) is 13.0 Å². The van der Waals surface area contributed by atoms with Crippen molar-refractivity contribution in [3.05, 3.63) is 90.1 Å². The van der Waals surface area contributed by atoms with Crippen molar-refractivity contribution in [1.82, 2.24) is 15.4 Å². The lowest BCUT2D eigenvalue weighted by molar-refractivity contribution is -0.130. The number of amides is 1. The summed E-state index contributed by atoms with van der Waals surface area (Å²) in [5.74, 6) is -0.300. The molecule has 0 radical (unpaired) electrons. The molecule has 0 aliphatic heterocycles. The summed E-state index contributed by atoms with van der Waals surface area (Å²) < 4.78 is 0. The number of carbonyl (C=O) groups excluding carboxylic acids is 1. The maximum atomic E-state index is 12.9. The van der Waals surface area contributed by atoms with Gasteiger partial charge in [0.25, 0.3) is 5.91 Å². The monoisotopic (exact) mass is 475 g/mol. The van der Waals surface area contributed by atoms with E-state index in [1.165, 1.54) is 0 Å². The molecule has 0 spiro atoms. The maximum absolute atomic E-state index is 12.9. The zero-order chi connectivity index (χ0) is 25.4. The number of hydrazine groups is 1. The van der Waals surface area contributed by atoms with Crippen molar-refractivity contribution in [1.29, 1.82) is 0 Å². The number of benzene rings is 2. The third-order valence-corrected chi connectivity index (χ3v) is 5.99. The Morgan fingerprint density at radius 2 is 1.63 bits per heavy atom. The van der Waals surface area contributed by atoms with Gasteiger partial charge in [-0.3, -0.25) is 15.2 Å². The first-order chi connectivity index (χ1) is 16.6. The van der Waals surface area contributed by atoms with Crippen LogP contribution in [0.1, 0.15) is 31.9 Å². The van der Waals surface area contributed by atoms with E-state index in [0.717, 1.165) is 22.4 Å². The van der Waals surface area contributed by atoms with Crippen LogP contribution in [-0.4, -0.2) is 45.7 Å². The van der Waals surface area contributed by atoms with Gasteiger partial charge < -0.3 is 16.6 Å². The van der Waals surface area contributed by atoms with Crippen molar-refractivity contribution < 1.29 is 9.90 Å². The summed E-state index contributed by atoms with van der Waals surface area (Å²) in [6.07, 6.45) is 1.44. The number of pyridine rings is 1. The van der Waals surface area contributed by atoms with Crippen LogP contribution in [0.3, 0.4) is 0 Å². The maximum Gasteiger partial charge on any atom is 0.251 e. The molecule has 35 heavy (non-hydrogen) atoms. The van der Waals surface area contributed by atoms with E-state index < -0.39 is 23.6 Å². The Kier molecular flexibility index (Phi) is 9.12. The fourth-order valence-corrected chi connectivity index (χ4v) is 3.69. The molecule has 1 aromatic heterocycles. The molecule has 0 fully saturated rings. The molecule has 0 aliphatic carbocycles. The van der Waals surface area contributed by atoms with Crippen LogP contribution in [0.15, 0.2) is 79.0 Å². The number of hydrogen-bond donors (Lipinski definition) is 4. The normalized spacial score (nSPS) is 14.4. The molecule has 0 unspecified atom stereocenters. The average Bonchev–Trinajstić information content (AvgIpc) is 2.84. The Morgan fingerprint density at radius 3 is 2.23 bits per heavy atom. The van der Waals surface area contributed by atoms with Crippen LogP contribution in [0, 0.1) is 5.41 Å². The second-order valence-corrected chi connectivity index (χ2v) is 10.0. The van der Waals surface area contributed by atoms with Gasteiger partial charge in [0.15, 0.2) is 0 Å². The molecule has 0 saturated heterocycles. The van der Waals surface area contributed by atoms with Crippen LogP contribution in [0.25, 0.3) is 11.3 Å². The Balaban J connectivity index is 1.72. The third-order valence-electron chi connectivity index (χ3n) is 5.99. The van der Waals surface area contributed by atoms with E-state index in [4.69, 9.17) is 11.5 Å². The van der Waals surface area contributed by atoms with Crippen LogP contribution < -0.4 is 16.9 Å². The van der Waals surface area contributed by atoms with Gasteiger partial charge >= 0.3 is 0 Å². The van der Waals surface area contributed by atoms with Gasteiger partial charge in [0.05, 0.1) is 17.8 Å². The Labute approximate surface area is 208 Å². The molecule has 6 N–H and O–H groups in total. The molecule has 7 nitrogen and oxygen atoms in total. The van der Waals surface area contributed by atoms with Gasteiger partial charge in [0.2, 0.25) is 0 Å². The van der Waals surface area contributed by atoms with Crippen molar-refractivity contribution in [3.8, 4) is 11.3 Å². The first-order valence-electron chi connectivity index (χ1n) is 11.9. The highest BCUT2D eigenvalue weighted by molar-refractivity contribution is 5.81. The minimum absolute atomic E-state index is 0.165. The Morgan fingerprint density at radius 1 is 0.971 bits per heavy atom. The zero-order valence-electron chi connectivity index (χ0n) is 20.8. The van der Waals surface area contributed by atoms with Crippen LogP contribution in [0.4, 0.5) is 0 Å². The Hall–Kier alpha value is -3.10. The molecule has 0 aliphatic rings. The van der Waals surface area contributed by atoms with Gasteiger partial charge in [-0.1, -0.05) is 81.4 Å². The summed E-state index contributed by atoms with van der Waals surface area (Å²) in [6.45, 7) is 6.31. The summed E-state index contributed by atoms with van der Waals surface area (Å²) in [5.41, 5.74) is 18.9. The minimum Gasteiger partial charge on any atom is -0.390 e. The summed E-state index contributed by atoms with van der Waals surface area (Å²) in [7, 11) is 0. The van der Waals surface area contributed by atoms with E-state index in [1.807, 2.05) is 93.6 Å². The van der Waals surface area contributed by atoms with Crippen molar-refractivity contribution in [3.63, 3.8) is 0 Å². The highest BCUT2D eigenvalue weighted by Crippen LogP contribution is 2.19. The SMILES string of the molecule is CC(C)(C)[C@H](N)C(=O)NN(Cc1ccc(-c2ccccn2)cc1)C[C@H](O)[C@@H](N)Cc1ccccc1. The third kappa shape index (κ3) is 7.97. The molecule has 3 aromatic rings. The summed E-state index contributed by atoms with van der Waals surface area (Å²) in [4.78, 5) is 17.3. The fourth-order valence-electron chi connectivity index (χ4n) is 3.69. The van der Waals surface area contributed by atoms with Crippen molar-refractivity contribution in [2.75, 3.05) is 6.54 Å². The van der Waals surface area contributed by atoms with Gasteiger partial charge in [0, 0.05) is 30.9 Å². The molecule has 3 atom stereocenters. The van der Waals surface area contributed by atoms with Gasteiger partial charge in [0.1, 0.15) is 0 Å². The second kappa shape index (κ2) is 12.0. The average molecular weight is 476 g/mol. The van der Waals surface area contributed by atoms with Crippen LogP contribution in [0.2, 0.25) is 0 Å². The number of nitrogens with two attached hydrogens (primary N) is 2. The number of hydrogen-bond acceptors (Lipinski definition) is 6. The minimum atomic E-state index is -0.853. The lowest BCUT2D eigenvalue weighted by Gasteiger charge is -2.32. The molecule has 3 rings (SSSR count). The molecule has 186 valence electrons. The van der Waals surface area contributed by atoms with E-state index in [2.05, 4.69) is 10.4 Å². The first kappa shape index (κ1) is 26.5. The predicted octanol–water partition coefficient (Wildman–Crippen LogP) is 2.89. The summed E-state index contributed by atoms with van der Waals surface area (Å²) in [6, 6.07) is 22.4. The molecular formula is C28H37N5O2. The zero-order valence-corrected chi connectivity index (χ0v) is 20.8. The van der Waals surface area contributed by atoms with Crippen molar-refractivity contribution >= 4 is 5.91 Å². The predicted molar refractivity (Wildman–Crippen MR) is 140 cm³/mol. The number of carbonyl (C=O) groups is 1. The summed E-state index contributed by atoms with van der Waals surface area (Å²) >= 11 is 0. The molecule has 1 amide bonds. The first-order valence-corrected chi connectivity index (χ1v) is 11.9. The number of aliphatic hydroxyl groups excluding tert-OH is 1. The quantitative estimate of drug-likeness (QED) is 0.335. The van der Waals surface area contributed by atoms with E-state index >= 15 is 0 Å². The molecular weight excluding hydrogens is 438 g/mol. The van der Waals surface area contributed by atoms with Gasteiger partial charge in [-0.05, 0) is 35.1 Å². The molecule has 0 bridgehead atoms. The van der Waals surface area contributed by atoms with Crippen LogP contribution in [0.5, 0.6) is 0 Å². The second-order valence-electron chi connectivity index (χ2n) is 10.0. The Bertz CT molecular complexity index is 1050. The van der Waals surface area contributed by atoms with Gasteiger partial charge in [-0.2, -0.15) is 0 Å². The van der Waals surface area contributed by atoms with Gasteiger partial charge in [-0.25, -0.2) is 5.01 Å². The molecule has 1 heterocycles. The van der Waals surface area contributed by atoms with E-state index in [-0.39, 0.29) is 12.5 Å². The lowest BCUT2D eigenvalue weighted by atomic mass is 9.87. The smallest absolute Gasteiger partial charge is 0.251 e. The lowest BCUT2D eigenvalue weighted by Crippen LogP contribution is -2.56. The number of nitrogens with one attached hydrogen (secondary N) is 1. The van der Waals surface area contributed by atoms with Crippen LogP contribution >= 0.6 is 0 Å². The van der Waals surface area contributed by atoms with E-state index in [1.54, 1.807) is 11.2 Å². The summed E-state index contributed by atoms with van der Waals surface area (Å²) in [5, 5.41) is 12.6. The standard InChI is InChI=1S/C28H37N5O2/c1-28(2,3)26(30)27(35)32-33(19-25(34)23(29)17-20-9-5-4-6-10-20)18-21-12-14-22(15-13-21)24-11-7-8-16-31-24/h4-16,23,25-26,34H,17-19,29-30H2,1-3H3,(H,32,35)/t23-,25-,26+/m0/s1. The van der Waals surface area contributed by atoms with Gasteiger partial charge in [-0.15, -0.1) is 0 Å². The number of nitrogens with zero attached hydrogens (tertiary/aromatic N) is 2. The fraction of sp³-hybridized carbons (Fsp3) is 0.357. The topological polar surface area (TPSA) is 118 Å². The number of aromatic nitrogens is 1. The molecule has 7 heteroatoms.